The van der Waals surface area contributed by atoms with Crippen LogP contribution in [0.1, 0.15) is 30.1 Å². The largest absolute Gasteiger partial charge is 0.325 e. The Balaban J connectivity index is 1.36. The van der Waals surface area contributed by atoms with E-state index in [0.717, 1.165) is 32.9 Å². The van der Waals surface area contributed by atoms with Crippen molar-refractivity contribution in [3.63, 3.8) is 0 Å². The number of aryl methyl sites for hydroxylation is 1. The number of nitrogens with zero attached hydrogens (tertiary/aromatic N) is 4. The Hall–Kier alpha value is -2.80. The Kier molecular flexibility index (Phi) is 3.67. The molecule has 1 aliphatic carbocycles. The number of aromatic nitrogens is 5. The molecule has 0 aliphatic heterocycles. The van der Waals surface area contributed by atoms with Crippen LogP contribution >= 0.6 is 11.9 Å². The summed E-state index contributed by atoms with van der Waals surface area (Å²) in [5.74, 6) is 0.639. The van der Waals surface area contributed by atoms with Crippen molar-refractivity contribution in [3.05, 3.63) is 60.3 Å². The molecule has 6 nitrogen and oxygen atoms in total. The van der Waals surface area contributed by atoms with E-state index in [1.54, 1.807) is 11.9 Å². The van der Waals surface area contributed by atoms with Crippen LogP contribution in [0.3, 0.4) is 0 Å². The minimum atomic E-state index is 0.639. The van der Waals surface area contributed by atoms with Crippen LogP contribution in [-0.2, 0) is 0 Å². The van der Waals surface area contributed by atoms with Gasteiger partial charge in [0.25, 0.3) is 0 Å². The average molecular weight is 362 g/mol. The van der Waals surface area contributed by atoms with Gasteiger partial charge in [-0.25, -0.2) is 4.68 Å². The minimum absolute atomic E-state index is 0.639. The molecule has 4 aromatic rings. The van der Waals surface area contributed by atoms with Crippen molar-refractivity contribution in [2.24, 2.45) is 0 Å². The summed E-state index contributed by atoms with van der Waals surface area (Å²) in [4.78, 5) is 5.52. The molecule has 0 bridgehead atoms. The van der Waals surface area contributed by atoms with E-state index >= 15 is 0 Å². The van der Waals surface area contributed by atoms with Gasteiger partial charge in [-0.1, -0.05) is 6.07 Å². The van der Waals surface area contributed by atoms with Crippen molar-refractivity contribution >= 4 is 28.5 Å². The molecule has 0 saturated heterocycles. The van der Waals surface area contributed by atoms with Crippen molar-refractivity contribution in [1.29, 1.82) is 0 Å². The lowest BCUT2D eigenvalue weighted by Gasteiger charge is -2.06. The van der Waals surface area contributed by atoms with Crippen LogP contribution in [0.4, 0.5) is 5.69 Å². The molecule has 0 atom stereocenters. The van der Waals surface area contributed by atoms with Crippen LogP contribution < -0.4 is 4.72 Å². The third-order valence-corrected chi connectivity index (χ3v) is 5.39. The first-order chi connectivity index (χ1) is 12.8. The second-order valence-electron chi connectivity index (χ2n) is 6.59. The molecule has 0 spiro atoms. The fraction of sp³-hybridized carbons (Fsp3) is 0.211. The monoisotopic (exact) mass is 362 g/mol. The highest BCUT2D eigenvalue weighted by Crippen LogP contribution is 2.39. The molecule has 26 heavy (non-hydrogen) atoms. The number of hydrogen-bond donors (Lipinski definition) is 2. The Morgan fingerprint density at radius 3 is 3.08 bits per heavy atom. The lowest BCUT2D eigenvalue weighted by molar-refractivity contribution is 0.868. The zero-order valence-electron chi connectivity index (χ0n) is 14.3. The highest BCUT2D eigenvalue weighted by Gasteiger charge is 2.25. The molecule has 1 aliphatic rings. The van der Waals surface area contributed by atoms with E-state index in [2.05, 4.69) is 37.1 Å². The molecule has 0 radical (unpaired) electrons. The van der Waals surface area contributed by atoms with Crippen LogP contribution in [0.25, 0.3) is 16.6 Å². The Labute approximate surface area is 155 Å². The first kappa shape index (κ1) is 15.5. The van der Waals surface area contributed by atoms with E-state index in [1.165, 1.54) is 18.5 Å². The van der Waals surface area contributed by atoms with Gasteiger partial charge in [0.15, 0.2) is 0 Å². The van der Waals surface area contributed by atoms with Crippen LogP contribution in [0.5, 0.6) is 0 Å². The molecule has 3 heterocycles. The van der Waals surface area contributed by atoms with Gasteiger partial charge in [-0.3, -0.25) is 10.1 Å². The van der Waals surface area contributed by atoms with Crippen LogP contribution in [0.15, 0.2) is 53.8 Å². The van der Waals surface area contributed by atoms with Crippen molar-refractivity contribution in [1.82, 2.24) is 25.0 Å². The number of nitrogens with one attached hydrogen (secondary N) is 2. The Bertz CT molecular complexity index is 1080. The number of benzene rings is 1. The second kappa shape index (κ2) is 6.17. The maximum absolute atomic E-state index is 4.50. The molecule has 7 heteroatoms. The molecular weight excluding hydrogens is 344 g/mol. The summed E-state index contributed by atoms with van der Waals surface area (Å²) < 4.78 is 5.33. The second-order valence-corrected chi connectivity index (χ2v) is 7.47. The van der Waals surface area contributed by atoms with E-state index in [0.29, 0.717) is 5.92 Å². The summed E-state index contributed by atoms with van der Waals surface area (Å²) in [6, 6.07) is 10.2. The number of fused-ring (bicyclic) bond motifs is 1. The number of hydrogen-bond acceptors (Lipinski definition) is 5. The van der Waals surface area contributed by atoms with Gasteiger partial charge in [0.05, 0.1) is 28.0 Å². The maximum atomic E-state index is 4.50. The van der Waals surface area contributed by atoms with Gasteiger partial charge < -0.3 is 4.72 Å². The van der Waals surface area contributed by atoms with Gasteiger partial charge in [0.2, 0.25) is 0 Å². The molecule has 2 N–H and O–H groups in total. The number of aromatic amines is 1. The van der Waals surface area contributed by atoms with Crippen LogP contribution in [-0.4, -0.2) is 25.0 Å². The molecule has 1 fully saturated rings. The van der Waals surface area contributed by atoms with Gasteiger partial charge in [-0.15, -0.1) is 0 Å². The molecule has 5 rings (SSSR count). The Morgan fingerprint density at radius 2 is 2.19 bits per heavy atom. The number of rotatable bonds is 5. The van der Waals surface area contributed by atoms with Crippen molar-refractivity contribution in [3.8, 4) is 5.69 Å². The van der Waals surface area contributed by atoms with Crippen LogP contribution in [0, 0.1) is 6.92 Å². The minimum Gasteiger partial charge on any atom is -0.325 e. The SMILES string of the molecule is Cc1[nH]nc2cccc(NSc3cnn(-c4ccnc(C5CC5)c4)c3)c12. The number of anilines is 1. The summed E-state index contributed by atoms with van der Waals surface area (Å²) in [6.45, 7) is 2.03. The van der Waals surface area contributed by atoms with Gasteiger partial charge in [-0.2, -0.15) is 10.2 Å². The normalized spacial score (nSPS) is 14.0. The summed E-state index contributed by atoms with van der Waals surface area (Å²) in [5, 5.41) is 13.0. The molecule has 0 amide bonds. The van der Waals surface area contributed by atoms with Gasteiger partial charge in [0.1, 0.15) is 0 Å². The van der Waals surface area contributed by atoms with Gasteiger partial charge in [-0.05, 0) is 56.0 Å². The predicted molar refractivity (Wildman–Crippen MR) is 104 cm³/mol. The molecular formula is C19H18N6S. The standard InChI is InChI=1S/C19H18N6S/c1-12-19-16(23-22-12)3-2-4-17(19)24-26-15-10-21-25(11-15)14-7-8-20-18(9-14)13-5-6-13/h2-4,7-11,13,24H,5-6H2,1H3,(H,22,23). The first-order valence-electron chi connectivity index (χ1n) is 8.65. The summed E-state index contributed by atoms with van der Waals surface area (Å²) in [6.07, 6.45) is 8.28. The van der Waals surface area contributed by atoms with E-state index in [-0.39, 0.29) is 0 Å². The molecule has 130 valence electrons. The van der Waals surface area contributed by atoms with Gasteiger partial charge in [0, 0.05) is 35.1 Å². The summed E-state index contributed by atoms with van der Waals surface area (Å²) in [5.41, 5.74) is 5.30. The molecule has 0 unspecified atom stereocenters. The van der Waals surface area contributed by atoms with E-state index in [1.807, 2.05) is 48.4 Å². The number of H-pyrrole nitrogens is 1. The highest BCUT2D eigenvalue weighted by molar-refractivity contribution is 8.00. The first-order valence-corrected chi connectivity index (χ1v) is 9.47. The highest BCUT2D eigenvalue weighted by atomic mass is 32.2. The van der Waals surface area contributed by atoms with Gasteiger partial charge >= 0.3 is 0 Å². The smallest absolute Gasteiger partial charge is 0.0944 e. The van der Waals surface area contributed by atoms with Crippen molar-refractivity contribution in [2.45, 2.75) is 30.6 Å². The molecule has 1 aromatic carbocycles. The maximum Gasteiger partial charge on any atom is 0.0944 e. The third kappa shape index (κ3) is 2.84. The lowest BCUT2D eigenvalue weighted by Crippen LogP contribution is -1.96. The van der Waals surface area contributed by atoms with E-state index < -0.39 is 0 Å². The predicted octanol–water partition coefficient (Wildman–Crippen LogP) is 4.45. The van der Waals surface area contributed by atoms with Crippen molar-refractivity contribution in [2.75, 3.05) is 4.72 Å². The van der Waals surface area contributed by atoms with Crippen molar-refractivity contribution < 1.29 is 0 Å². The summed E-state index contributed by atoms with van der Waals surface area (Å²) >= 11 is 1.55. The summed E-state index contributed by atoms with van der Waals surface area (Å²) in [7, 11) is 0. The number of pyridine rings is 1. The topological polar surface area (TPSA) is 71.4 Å². The Morgan fingerprint density at radius 1 is 1.27 bits per heavy atom. The fourth-order valence-corrected chi connectivity index (χ4v) is 3.76. The quantitative estimate of drug-likeness (QED) is 0.513. The lowest BCUT2D eigenvalue weighted by atomic mass is 10.2. The third-order valence-electron chi connectivity index (χ3n) is 4.62. The zero-order chi connectivity index (χ0) is 17.5. The van der Waals surface area contributed by atoms with E-state index in [9.17, 15) is 0 Å². The average Bonchev–Trinajstić information content (AvgIpc) is 3.30. The zero-order valence-corrected chi connectivity index (χ0v) is 15.1. The van der Waals surface area contributed by atoms with Crippen LogP contribution in [0.2, 0.25) is 0 Å². The van der Waals surface area contributed by atoms with E-state index in [4.69, 9.17) is 0 Å². The fourth-order valence-electron chi connectivity index (χ4n) is 3.11. The molecule has 1 saturated carbocycles. The molecule has 3 aromatic heterocycles.